The van der Waals surface area contributed by atoms with E-state index in [1.165, 1.54) is 17.0 Å². The lowest BCUT2D eigenvalue weighted by Crippen LogP contribution is -2.49. The van der Waals surface area contributed by atoms with Gasteiger partial charge in [0.05, 0.1) is 6.04 Å². The van der Waals surface area contributed by atoms with Crippen molar-refractivity contribution in [3.63, 3.8) is 0 Å². The summed E-state index contributed by atoms with van der Waals surface area (Å²) in [6, 6.07) is 15.0. The van der Waals surface area contributed by atoms with Gasteiger partial charge in [0.25, 0.3) is 0 Å². The zero-order valence-corrected chi connectivity index (χ0v) is 22.4. The van der Waals surface area contributed by atoms with Gasteiger partial charge >= 0.3 is 6.03 Å². The summed E-state index contributed by atoms with van der Waals surface area (Å²) in [4.78, 5) is 31.5. The van der Waals surface area contributed by atoms with E-state index in [-0.39, 0.29) is 42.9 Å². The van der Waals surface area contributed by atoms with Crippen molar-refractivity contribution in [1.82, 2.24) is 9.80 Å². The molecule has 2 atom stereocenters. The molecule has 3 aromatic rings. The Morgan fingerprint density at radius 1 is 1.22 bits per heavy atom. The van der Waals surface area contributed by atoms with Gasteiger partial charge in [0.1, 0.15) is 24.7 Å². The predicted octanol–water partition coefficient (Wildman–Crippen LogP) is 6.28. The third-order valence-corrected chi connectivity index (χ3v) is 7.76. The number of ether oxygens (including phenoxy) is 1. The number of rotatable bonds is 9. The maximum Gasteiger partial charge on any atom is 0.322 e. The number of halogens is 1. The molecule has 1 N–H and O–H groups in total. The van der Waals surface area contributed by atoms with Crippen molar-refractivity contribution < 1.29 is 18.7 Å². The number of nitrogens with zero attached hydrogens (tertiary/aromatic N) is 2. The van der Waals surface area contributed by atoms with Crippen LogP contribution < -0.4 is 10.1 Å². The fraction of sp³-hybridized carbons (Fsp3) is 0.379. The summed E-state index contributed by atoms with van der Waals surface area (Å²) in [5, 5.41) is 4.97. The Morgan fingerprint density at radius 2 is 2.00 bits per heavy atom. The van der Waals surface area contributed by atoms with Crippen molar-refractivity contribution in [2.75, 3.05) is 31.6 Å². The van der Waals surface area contributed by atoms with Crippen LogP contribution in [-0.4, -0.2) is 48.0 Å². The number of amides is 3. The second-order valence-corrected chi connectivity index (χ2v) is 10.6. The van der Waals surface area contributed by atoms with E-state index in [0.717, 1.165) is 24.0 Å². The SMILES string of the molecule is CC[C@@H](C)CN(CC(=O)N1CCc2sccc2[C@H]1COc1cccc(F)c1)C(=O)Nc1ccc(C)cc1. The van der Waals surface area contributed by atoms with Crippen LogP contribution in [0.2, 0.25) is 0 Å². The van der Waals surface area contributed by atoms with E-state index in [1.54, 1.807) is 33.3 Å². The first kappa shape index (κ1) is 26.7. The molecule has 196 valence electrons. The largest absolute Gasteiger partial charge is 0.491 e. The van der Waals surface area contributed by atoms with Crippen molar-refractivity contribution >= 4 is 29.0 Å². The summed E-state index contributed by atoms with van der Waals surface area (Å²) >= 11 is 1.67. The van der Waals surface area contributed by atoms with Crippen molar-refractivity contribution in [3.8, 4) is 5.75 Å². The van der Waals surface area contributed by atoms with Crippen LogP contribution in [0.1, 0.15) is 42.3 Å². The fourth-order valence-electron chi connectivity index (χ4n) is 4.42. The van der Waals surface area contributed by atoms with Gasteiger partial charge in [-0.2, -0.15) is 0 Å². The summed E-state index contributed by atoms with van der Waals surface area (Å²) in [5.74, 6) is 0.164. The standard InChI is InChI=1S/C29H34FN3O3S/c1-4-20(2)17-32(29(35)31-23-10-8-21(3)9-11-23)18-28(34)33-14-12-27-25(13-15-37-27)26(33)19-36-24-7-5-6-22(30)16-24/h5-11,13,15-16,20,26H,4,12,14,17-19H2,1-3H3,(H,31,35)/t20-,26-/m1/s1. The average Bonchev–Trinajstić information content (AvgIpc) is 3.37. The lowest BCUT2D eigenvalue weighted by atomic mass is 10.00. The monoisotopic (exact) mass is 523 g/mol. The minimum absolute atomic E-state index is 0.0298. The molecule has 0 saturated heterocycles. The zero-order valence-electron chi connectivity index (χ0n) is 21.6. The quantitative estimate of drug-likeness (QED) is 0.359. The number of urea groups is 1. The highest BCUT2D eigenvalue weighted by atomic mass is 32.1. The number of thiophene rings is 1. The molecule has 0 aliphatic carbocycles. The third-order valence-electron chi connectivity index (χ3n) is 6.76. The normalized spacial score (nSPS) is 15.6. The average molecular weight is 524 g/mol. The van der Waals surface area contributed by atoms with Gasteiger partial charge in [-0.3, -0.25) is 4.79 Å². The van der Waals surface area contributed by atoms with Crippen LogP contribution in [0.15, 0.2) is 60.0 Å². The molecule has 6 nitrogen and oxygen atoms in total. The minimum atomic E-state index is -0.370. The number of carbonyl (C=O) groups excluding carboxylic acids is 2. The number of anilines is 1. The van der Waals surface area contributed by atoms with E-state index in [0.29, 0.717) is 24.5 Å². The summed E-state index contributed by atoms with van der Waals surface area (Å²) in [7, 11) is 0. The highest BCUT2D eigenvalue weighted by molar-refractivity contribution is 7.10. The second kappa shape index (κ2) is 12.2. The molecule has 0 radical (unpaired) electrons. The van der Waals surface area contributed by atoms with E-state index in [9.17, 15) is 14.0 Å². The number of aryl methyl sites for hydroxylation is 1. The molecule has 0 spiro atoms. The molecule has 0 fully saturated rings. The van der Waals surface area contributed by atoms with Crippen LogP contribution in [-0.2, 0) is 11.2 Å². The Hall–Kier alpha value is -3.39. The van der Waals surface area contributed by atoms with Gasteiger partial charge in [0.2, 0.25) is 5.91 Å². The molecule has 0 saturated carbocycles. The molecule has 0 unspecified atom stereocenters. The van der Waals surface area contributed by atoms with Crippen LogP contribution in [0.25, 0.3) is 0 Å². The predicted molar refractivity (Wildman–Crippen MR) is 146 cm³/mol. The molecule has 37 heavy (non-hydrogen) atoms. The third kappa shape index (κ3) is 6.89. The number of benzene rings is 2. The first-order chi connectivity index (χ1) is 17.8. The molecule has 2 heterocycles. The van der Waals surface area contributed by atoms with Gasteiger partial charge in [-0.25, -0.2) is 9.18 Å². The molecule has 1 aromatic heterocycles. The van der Waals surface area contributed by atoms with Crippen molar-refractivity contribution in [2.45, 2.75) is 39.7 Å². The lowest BCUT2D eigenvalue weighted by molar-refractivity contribution is -0.135. The Kier molecular flexibility index (Phi) is 8.82. The van der Waals surface area contributed by atoms with Crippen LogP contribution in [0.5, 0.6) is 5.75 Å². The van der Waals surface area contributed by atoms with Crippen molar-refractivity contribution in [3.05, 3.63) is 81.8 Å². The summed E-state index contributed by atoms with van der Waals surface area (Å²) in [6.07, 6.45) is 1.66. The van der Waals surface area contributed by atoms with E-state index in [2.05, 4.69) is 19.2 Å². The second-order valence-electron chi connectivity index (χ2n) is 9.61. The summed E-state index contributed by atoms with van der Waals surface area (Å²) < 4.78 is 19.6. The van der Waals surface area contributed by atoms with Crippen LogP contribution in [0.4, 0.5) is 14.9 Å². The lowest BCUT2D eigenvalue weighted by Gasteiger charge is -2.37. The maximum absolute atomic E-state index is 13.7. The number of carbonyl (C=O) groups is 2. The van der Waals surface area contributed by atoms with Crippen molar-refractivity contribution in [1.29, 1.82) is 0 Å². The van der Waals surface area contributed by atoms with Gasteiger partial charge in [-0.1, -0.05) is 44.0 Å². The van der Waals surface area contributed by atoms with E-state index in [1.807, 2.05) is 42.6 Å². The van der Waals surface area contributed by atoms with Crippen LogP contribution in [0, 0.1) is 18.7 Å². The number of hydrogen-bond donors (Lipinski definition) is 1. The molecule has 0 bridgehead atoms. The molecule has 1 aliphatic rings. The van der Waals surface area contributed by atoms with Gasteiger partial charge in [0, 0.05) is 29.7 Å². The van der Waals surface area contributed by atoms with E-state index >= 15 is 0 Å². The van der Waals surface area contributed by atoms with Gasteiger partial charge in [0.15, 0.2) is 0 Å². The highest BCUT2D eigenvalue weighted by Crippen LogP contribution is 2.34. The Bertz CT molecular complexity index is 1210. The molecule has 8 heteroatoms. The topological polar surface area (TPSA) is 61.9 Å². The molecule has 1 aliphatic heterocycles. The highest BCUT2D eigenvalue weighted by Gasteiger charge is 2.33. The number of fused-ring (bicyclic) bond motifs is 1. The minimum Gasteiger partial charge on any atom is -0.491 e. The van der Waals surface area contributed by atoms with E-state index < -0.39 is 0 Å². The summed E-state index contributed by atoms with van der Waals surface area (Å²) in [6.45, 7) is 7.33. The molecule has 4 rings (SSSR count). The van der Waals surface area contributed by atoms with Crippen LogP contribution >= 0.6 is 11.3 Å². The van der Waals surface area contributed by atoms with Gasteiger partial charge in [-0.15, -0.1) is 11.3 Å². The van der Waals surface area contributed by atoms with Crippen molar-refractivity contribution in [2.24, 2.45) is 5.92 Å². The molecule has 3 amide bonds. The molecule has 2 aromatic carbocycles. The number of hydrogen-bond acceptors (Lipinski definition) is 4. The van der Waals surface area contributed by atoms with Gasteiger partial charge in [-0.05, 0) is 60.5 Å². The Balaban J connectivity index is 1.50. The number of nitrogens with one attached hydrogen (secondary N) is 1. The summed E-state index contributed by atoms with van der Waals surface area (Å²) in [5.41, 5.74) is 2.85. The fourth-order valence-corrected chi connectivity index (χ4v) is 5.35. The molecular weight excluding hydrogens is 489 g/mol. The zero-order chi connectivity index (χ0) is 26.4. The first-order valence-electron chi connectivity index (χ1n) is 12.7. The Labute approximate surface area is 222 Å². The van der Waals surface area contributed by atoms with Crippen LogP contribution in [0.3, 0.4) is 0 Å². The first-order valence-corrected chi connectivity index (χ1v) is 13.6. The maximum atomic E-state index is 13.7. The Morgan fingerprint density at radius 3 is 2.73 bits per heavy atom. The smallest absolute Gasteiger partial charge is 0.322 e. The van der Waals surface area contributed by atoms with Gasteiger partial charge < -0.3 is 19.9 Å². The van der Waals surface area contributed by atoms with E-state index in [4.69, 9.17) is 4.74 Å². The molecular formula is C29H34FN3O3S.